The number of carbonyl (C=O) groups excluding carboxylic acids is 2. The molecule has 31 heavy (non-hydrogen) atoms. The second kappa shape index (κ2) is 8.77. The van der Waals surface area contributed by atoms with Gasteiger partial charge in [0.25, 0.3) is 0 Å². The first-order valence-electron chi connectivity index (χ1n) is 10.6. The summed E-state index contributed by atoms with van der Waals surface area (Å²) >= 11 is 0. The highest BCUT2D eigenvalue weighted by molar-refractivity contribution is 5.99. The second-order valence-corrected chi connectivity index (χ2v) is 8.22. The minimum absolute atomic E-state index is 0.0553. The van der Waals surface area contributed by atoms with Crippen molar-refractivity contribution in [3.8, 4) is 0 Å². The fraction of sp³-hybridized carbons (Fsp3) is 0.348. The fourth-order valence-electron chi connectivity index (χ4n) is 3.93. The molecule has 8 heteroatoms. The fourth-order valence-corrected chi connectivity index (χ4v) is 3.93. The van der Waals surface area contributed by atoms with E-state index in [2.05, 4.69) is 26.3 Å². The molecule has 4 rings (SSSR count). The van der Waals surface area contributed by atoms with E-state index < -0.39 is 0 Å². The summed E-state index contributed by atoms with van der Waals surface area (Å²) in [4.78, 5) is 25.1. The van der Waals surface area contributed by atoms with Gasteiger partial charge in [-0.1, -0.05) is 42.5 Å². The van der Waals surface area contributed by atoms with Crippen molar-refractivity contribution >= 4 is 28.5 Å². The topological polar surface area (TPSA) is 102 Å². The zero-order valence-corrected chi connectivity index (χ0v) is 18.0. The van der Waals surface area contributed by atoms with Gasteiger partial charge in [0.05, 0.1) is 5.92 Å². The van der Waals surface area contributed by atoms with Crippen molar-refractivity contribution in [2.45, 2.75) is 45.7 Å². The monoisotopic (exact) mass is 420 g/mol. The number of amides is 3. The summed E-state index contributed by atoms with van der Waals surface area (Å²) in [5, 5.41) is 17.2. The molecule has 0 saturated heterocycles. The molecule has 1 aromatic heterocycles. The van der Waals surface area contributed by atoms with Crippen molar-refractivity contribution in [1.82, 2.24) is 25.9 Å². The molecule has 0 bridgehead atoms. The van der Waals surface area contributed by atoms with Crippen LogP contribution in [0, 0.1) is 0 Å². The molecule has 0 aliphatic carbocycles. The lowest BCUT2D eigenvalue weighted by molar-refractivity contribution is -0.117. The average molecular weight is 421 g/mol. The molecule has 0 saturated carbocycles. The summed E-state index contributed by atoms with van der Waals surface area (Å²) in [5.41, 5.74) is 5.72. The Morgan fingerprint density at radius 3 is 2.68 bits per heavy atom. The van der Waals surface area contributed by atoms with E-state index in [1.807, 2.05) is 68.2 Å². The van der Waals surface area contributed by atoms with E-state index in [1.165, 1.54) is 0 Å². The van der Waals surface area contributed by atoms with E-state index in [9.17, 15) is 9.59 Å². The minimum atomic E-state index is -0.340. The molecule has 8 nitrogen and oxygen atoms in total. The number of aromatic amines is 1. The van der Waals surface area contributed by atoms with Crippen LogP contribution in [0.1, 0.15) is 43.5 Å². The molecule has 2 aromatic carbocycles. The van der Waals surface area contributed by atoms with Gasteiger partial charge in [-0.05, 0) is 37.1 Å². The molecule has 1 unspecified atom stereocenters. The number of hydrogen-bond acceptors (Lipinski definition) is 4. The highest BCUT2D eigenvalue weighted by Crippen LogP contribution is 2.28. The smallest absolute Gasteiger partial charge is 0.329 e. The molecule has 0 radical (unpaired) electrons. The molecule has 1 aliphatic heterocycles. The third-order valence-corrected chi connectivity index (χ3v) is 5.54. The van der Waals surface area contributed by atoms with Gasteiger partial charge in [0.1, 0.15) is 0 Å². The predicted molar refractivity (Wildman–Crippen MR) is 120 cm³/mol. The number of urea groups is 1. The van der Waals surface area contributed by atoms with Gasteiger partial charge in [0.15, 0.2) is 5.82 Å². The highest BCUT2D eigenvalue weighted by Gasteiger charge is 2.26. The maximum atomic E-state index is 13.1. The van der Waals surface area contributed by atoms with Crippen molar-refractivity contribution in [3.63, 3.8) is 0 Å². The van der Waals surface area contributed by atoms with Gasteiger partial charge in [-0.15, -0.1) is 0 Å². The van der Waals surface area contributed by atoms with Crippen LogP contribution in [0.3, 0.4) is 0 Å². The number of fused-ring (bicyclic) bond motifs is 2. The summed E-state index contributed by atoms with van der Waals surface area (Å²) in [5.74, 6) is 0.0595. The van der Waals surface area contributed by atoms with Gasteiger partial charge in [0.2, 0.25) is 5.91 Å². The van der Waals surface area contributed by atoms with Crippen LogP contribution in [0.4, 0.5) is 10.6 Å². The third-order valence-electron chi connectivity index (χ3n) is 5.54. The number of nitrogens with zero attached hydrogens (tertiary/aromatic N) is 2. The number of aromatic nitrogens is 2. The summed E-state index contributed by atoms with van der Waals surface area (Å²) in [6.45, 7) is 6.86. The first kappa shape index (κ1) is 20.9. The van der Waals surface area contributed by atoms with E-state index >= 15 is 0 Å². The van der Waals surface area contributed by atoms with Crippen LogP contribution in [0.2, 0.25) is 0 Å². The SMILES string of the molecule is CC(C)NC(=O)NN1CCc2[nH]nc(NC(=O)C(C)c3cccc4ccccc34)c2C1. The Labute approximate surface area is 181 Å². The second-order valence-electron chi connectivity index (χ2n) is 8.22. The van der Waals surface area contributed by atoms with Crippen LogP contribution in [0.25, 0.3) is 10.8 Å². The average Bonchev–Trinajstić information content (AvgIpc) is 3.14. The lowest BCUT2D eigenvalue weighted by atomic mass is 9.94. The Kier molecular flexibility index (Phi) is 5.90. The lowest BCUT2D eigenvalue weighted by Gasteiger charge is -2.27. The standard InChI is InChI=1S/C23H28N6O2/c1-14(2)24-23(31)28-29-12-11-20-19(13-29)21(27-26-20)25-22(30)15(3)17-10-6-8-16-7-4-5-9-18(16)17/h4-10,14-15H,11-13H2,1-3H3,(H2,24,28,31)(H2,25,26,27,30). The van der Waals surface area contributed by atoms with E-state index in [-0.39, 0.29) is 23.9 Å². The molecular formula is C23H28N6O2. The van der Waals surface area contributed by atoms with Gasteiger partial charge in [-0.2, -0.15) is 5.10 Å². The Hall–Kier alpha value is -3.39. The molecule has 0 spiro atoms. The van der Waals surface area contributed by atoms with Crippen LogP contribution in [0.5, 0.6) is 0 Å². The van der Waals surface area contributed by atoms with Gasteiger partial charge in [-0.3, -0.25) is 15.3 Å². The molecule has 2 heterocycles. The molecule has 4 N–H and O–H groups in total. The lowest BCUT2D eigenvalue weighted by Crippen LogP contribution is -2.50. The van der Waals surface area contributed by atoms with Crippen molar-refractivity contribution in [3.05, 3.63) is 59.3 Å². The largest absolute Gasteiger partial charge is 0.335 e. The molecular weight excluding hydrogens is 392 g/mol. The van der Waals surface area contributed by atoms with Crippen LogP contribution in [-0.4, -0.2) is 39.7 Å². The summed E-state index contributed by atoms with van der Waals surface area (Å²) in [6.07, 6.45) is 0.707. The normalized spacial score (nSPS) is 14.8. The van der Waals surface area contributed by atoms with E-state index in [0.717, 1.165) is 27.6 Å². The van der Waals surface area contributed by atoms with Crippen molar-refractivity contribution < 1.29 is 9.59 Å². The van der Waals surface area contributed by atoms with E-state index in [1.54, 1.807) is 0 Å². The number of nitrogens with one attached hydrogen (secondary N) is 4. The van der Waals surface area contributed by atoms with Crippen LogP contribution in [0.15, 0.2) is 42.5 Å². The van der Waals surface area contributed by atoms with Crippen LogP contribution < -0.4 is 16.1 Å². The third kappa shape index (κ3) is 4.54. The quantitative estimate of drug-likeness (QED) is 0.509. The van der Waals surface area contributed by atoms with Crippen molar-refractivity contribution in [2.75, 3.05) is 11.9 Å². The number of hydrogen-bond donors (Lipinski definition) is 4. The van der Waals surface area contributed by atoms with Gasteiger partial charge < -0.3 is 10.6 Å². The zero-order chi connectivity index (χ0) is 22.0. The van der Waals surface area contributed by atoms with E-state index in [0.29, 0.717) is 25.3 Å². The minimum Gasteiger partial charge on any atom is -0.335 e. The summed E-state index contributed by atoms with van der Waals surface area (Å²) in [6, 6.07) is 13.9. The Bertz CT molecular complexity index is 1100. The van der Waals surface area contributed by atoms with Crippen molar-refractivity contribution in [2.24, 2.45) is 0 Å². The summed E-state index contributed by atoms with van der Waals surface area (Å²) < 4.78 is 0. The van der Waals surface area contributed by atoms with Gasteiger partial charge >= 0.3 is 6.03 Å². The van der Waals surface area contributed by atoms with E-state index in [4.69, 9.17) is 0 Å². The number of rotatable bonds is 5. The Morgan fingerprint density at radius 1 is 1.10 bits per heavy atom. The predicted octanol–water partition coefficient (Wildman–Crippen LogP) is 3.29. The maximum absolute atomic E-state index is 13.1. The Morgan fingerprint density at radius 2 is 1.87 bits per heavy atom. The zero-order valence-electron chi connectivity index (χ0n) is 18.0. The van der Waals surface area contributed by atoms with Gasteiger partial charge in [-0.25, -0.2) is 9.80 Å². The first-order chi connectivity index (χ1) is 14.9. The summed E-state index contributed by atoms with van der Waals surface area (Å²) in [7, 11) is 0. The molecule has 1 atom stereocenters. The Balaban J connectivity index is 1.48. The van der Waals surface area contributed by atoms with Crippen LogP contribution in [-0.2, 0) is 17.8 Å². The molecule has 0 fully saturated rings. The highest BCUT2D eigenvalue weighted by atomic mass is 16.2. The molecule has 1 aliphatic rings. The number of hydrazine groups is 1. The number of carbonyl (C=O) groups is 2. The maximum Gasteiger partial charge on any atom is 0.329 e. The first-order valence-corrected chi connectivity index (χ1v) is 10.6. The van der Waals surface area contributed by atoms with Gasteiger partial charge in [0, 0.05) is 36.8 Å². The number of benzene rings is 2. The molecule has 162 valence electrons. The van der Waals surface area contributed by atoms with Crippen LogP contribution >= 0.6 is 0 Å². The molecule has 3 aromatic rings. The number of H-pyrrole nitrogens is 1. The van der Waals surface area contributed by atoms with Crippen molar-refractivity contribution in [1.29, 1.82) is 0 Å². The molecule has 3 amide bonds. The number of anilines is 1.